The van der Waals surface area contributed by atoms with E-state index in [0.717, 1.165) is 11.4 Å². The second kappa shape index (κ2) is 5.87. The molecule has 0 radical (unpaired) electrons. The average molecular weight is 252 g/mol. The molecule has 96 valence electrons. The maximum absolute atomic E-state index is 12.5. The summed E-state index contributed by atoms with van der Waals surface area (Å²) in [5, 5.41) is 0. The fourth-order valence-corrected chi connectivity index (χ4v) is 1.81. The fourth-order valence-electron chi connectivity index (χ4n) is 1.81. The van der Waals surface area contributed by atoms with Crippen LogP contribution < -0.4 is 9.80 Å². The largest absolute Gasteiger partial charge is 0.332 e. The van der Waals surface area contributed by atoms with Gasteiger partial charge < -0.3 is 0 Å². The molecule has 0 saturated heterocycles. The third kappa shape index (κ3) is 2.83. The summed E-state index contributed by atoms with van der Waals surface area (Å²) in [5.41, 5.74) is 1.64. The van der Waals surface area contributed by atoms with Gasteiger partial charge >= 0.3 is 6.03 Å². The van der Waals surface area contributed by atoms with E-state index in [-0.39, 0.29) is 6.03 Å². The lowest BCUT2D eigenvalue weighted by atomic mass is 10.3. The van der Waals surface area contributed by atoms with Crippen LogP contribution in [-0.4, -0.2) is 13.1 Å². The first-order chi connectivity index (χ1) is 9.24. The number of hydrogen-bond acceptors (Lipinski definition) is 1. The molecule has 3 nitrogen and oxygen atoms in total. The molecular formula is C16H16N2O. The monoisotopic (exact) mass is 252 g/mol. The van der Waals surface area contributed by atoms with Gasteiger partial charge in [-0.25, -0.2) is 4.79 Å². The van der Waals surface area contributed by atoms with Gasteiger partial charge in [-0.2, -0.15) is 0 Å². The molecule has 0 aliphatic carbocycles. The van der Waals surface area contributed by atoms with Crippen molar-refractivity contribution in [2.45, 2.75) is 0 Å². The smallest absolute Gasteiger partial charge is 0.297 e. The van der Waals surface area contributed by atoms with Crippen LogP contribution in [0.1, 0.15) is 0 Å². The van der Waals surface area contributed by atoms with E-state index >= 15 is 0 Å². The summed E-state index contributed by atoms with van der Waals surface area (Å²) in [6, 6.07) is 18.8. The summed E-state index contributed by atoms with van der Waals surface area (Å²) < 4.78 is 0. The van der Waals surface area contributed by atoms with E-state index in [9.17, 15) is 4.79 Å². The summed E-state index contributed by atoms with van der Waals surface area (Å²) in [7, 11) is 1.75. The van der Waals surface area contributed by atoms with Crippen molar-refractivity contribution in [1.29, 1.82) is 0 Å². The van der Waals surface area contributed by atoms with Crippen LogP contribution in [0.3, 0.4) is 0 Å². The Hall–Kier alpha value is -2.55. The maximum Gasteiger partial charge on any atom is 0.332 e. The highest BCUT2D eigenvalue weighted by Gasteiger charge is 2.17. The molecule has 3 heteroatoms. The van der Waals surface area contributed by atoms with Crippen molar-refractivity contribution in [1.82, 2.24) is 0 Å². The van der Waals surface area contributed by atoms with Gasteiger partial charge in [0, 0.05) is 18.9 Å². The number of hydrogen-bond donors (Lipinski definition) is 0. The molecule has 0 aliphatic heterocycles. The van der Waals surface area contributed by atoms with Gasteiger partial charge in [-0.15, -0.1) is 0 Å². The molecule has 0 bridgehead atoms. The maximum atomic E-state index is 12.5. The third-order valence-electron chi connectivity index (χ3n) is 2.85. The zero-order valence-electron chi connectivity index (χ0n) is 10.9. The lowest BCUT2D eigenvalue weighted by Crippen LogP contribution is -2.38. The summed E-state index contributed by atoms with van der Waals surface area (Å²) in [4.78, 5) is 15.6. The normalized spacial score (nSPS) is 9.74. The van der Waals surface area contributed by atoms with E-state index in [1.807, 2.05) is 60.7 Å². The summed E-state index contributed by atoms with van der Waals surface area (Å²) in [5.74, 6) is 0. The Bertz CT molecular complexity index is 551. The SMILES string of the molecule is C=CN(C(=O)N(C)c1ccccc1)c1ccccc1. The lowest BCUT2D eigenvalue weighted by Gasteiger charge is -2.25. The van der Waals surface area contributed by atoms with Crippen molar-refractivity contribution in [2.75, 3.05) is 16.8 Å². The molecule has 0 saturated carbocycles. The molecule has 0 unspecified atom stereocenters. The van der Waals surface area contributed by atoms with Gasteiger partial charge in [0.05, 0.1) is 5.69 Å². The van der Waals surface area contributed by atoms with Gasteiger partial charge in [0.15, 0.2) is 0 Å². The number of para-hydroxylation sites is 2. The predicted molar refractivity (Wildman–Crippen MR) is 79.4 cm³/mol. The standard InChI is InChI=1S/C16H16N2O/c1-3-18(15-12-8-5-9-13-15)16(19)17(2)14-10-6-4-7-11-14/h3-13H,1H2,2H3. The molecule has 2 amide bonds. The van der Waals surface area contributed by atoms with Crippen LogP contribution in [0.4, 0.5) is 16.2 Å². The van der Waals surface area contributed by atoms with Crippen LogP contribution in [0, 0.1) is 0 Å². The van der Waals surface area contributed by atoms with E-state index in [0.29, 0.717) is 0 Å². The Balaban J connectivity index is 2.25. The molecular weight excluding hydrogens is 236 g/mol. The molecule has 2 rings (SSSR count). The summed E-state index contributed by atoms with van der Waals surface area (Å²) in [6.45, 7) is 3.71. The van der Waals surface area contributed by atoms with Gasteiger partial charge in [0.25, 0.3) is 0 Å². The van der Waals surface area contributed by atoms with Crippen molar-refractivity contribution in [3.8, 4) is 0 Å². The Morgan fingerprint density at radius 3 is 1.89 bits per heavy atom. The molecule has 0 aliphatic rings. The van der Waals surface area contributed by atoms with Gasteiger partial charge in [0.1, 0.15) is 0 Å². The second-order valence-electron chi connectivity index (χ2n) is 4.07. The number of nitrogens with zero attached hydrogens (tertiary/aromatic N) is 2. The number of benzene rings is 2. The van der Waals surface area contributed by atoms with E-state index in [2.05, 4.69) is 6.58 Å². The van der Waals surface area contributed by atoms with Gasteiger partial charge in [-0.3, -0.25) is 9.80 Å². The number of urea groups is 1. The van der Waals surface area contributed by atoms with Crippen LogP contribution >= 0.6 is 0 Å². The first-order valence-electron chi connectivity index (χ1n) is 6.03. The van der Waals surface area contributed by atoms with Crippen molar-refractivity contribution in [2.24, 2.45) is 0 Å². The fraction of sp³-hybridized carbons (Fsp3) is 0.0625. The van der Waals surface area contributed by atoms with Crippen molar-refractivity contribution in [3.63, 3.8) is 0 Å². The highest BCUT2D eigenvalue weighted by molar-refractivity contribution is 6.04. The highest BCUT2D eigenvalue weighted by Crippen LogP contribution is 2.19. The topological polar surface area (TPSA) is 23.6 Å². The van der Waals surface area contributed by atoms with Gasteiger partial charge in [-0.05, 0) is 24.3 Å². The van der Waals surface area contributed by atoms with Crippen LogP contribution in [-0.2, 0) is 0 Å². The van der Waals surface area contributed by atoms with Crippen molar-refractivity contribution in [3.05, 3.63) is 73.4 Å². The van der Waals surface area contributed by atoms with E-state index < -0.39 is 0 Å². The van der Waals surface area contributed by atoms with Crippen LogP contribution in [0.15, 0.2) is 73.4 Å². The number of amides is 2. The molecule has 19 heavy (non-hydrogen) atoms. The summed E-state index contributed by atoms with van der Waals surface area (Å²) >= 11 is 0. The molecule has 0 N–H and O–H groups in total. The zero-order valence-corrected chi connectivity index (χ0v) is 10.9. The number of carbonyl (C=O) groups excluding carboxylic acids is 1. The van der Waals surface area contributed by atoms with Crippen molar-refractivity contribution < 1.29 is 4.79 Å². The number of rotatable bonds is 3. The summed E-state index contributed by atoms with van der Waals surface area (Å²) in [6.07, 6.45) is 1.52. The zero-order chi connectivity index (χ0) is 13.7. The average Bonchev–Trinajstić information content (AvgIpc) is 2.49. The van der Waals surface area contributed by atoms with Crippen LogP contribution in [0.25, 0.3) is 0 Å². The van der Waals surface area contributed by atoms with Crippen LogP contribution in [0.5, 0.6) is 0 Å². The van der Waals surface area contributed by atoms with Gasteiger partial charge in [0.2, 0.25) is 0 Å². The molecule has 0 spiro atoms. The third-order valence-corrected chi connectivity index (χ3v) is 2.85. The van der Waals surface area contributed by atoms with E-state index in [1.54, 1.807) is 11.9 Å². The van der Waals surface area contributed by atoms with Gasteiger partial charge in [-0.1, -0.05) is 43.0 Å². The first kappa shape index (κ1) is 12.9. The molecule has 2 aromatic carbocycles. The minimum atomic E-state index is -0.146. The molecule has 0 aromatic heterocycles. The van der Waals surface area contributed by atoms with E-state index in [1.165, 1.54) is 11.1 Å². The molecule has 0 atom stereocenters. The lowest BCUT2D eigenvalue weighted by molar-refractivity contribution is 0.254. The Kier molecular flexibility index (Phi) is 3.98. The second-order valence-corrected chi connectivity index (χ2v) is 4.07. The minimum Gasteiger partial charge on any atom is -0.297 e. The highest BCUT2D eigenvalue weighted by atomic mass is 16.2. The first-order valence-corrected chi connectivity index (χ1v) is 6.03. The Morgan fingerprint density at radius 2 is 1.42 bits per heavy atom. The molecule has 2 aromatic rings. The van der Waals surface area contributed by atoms with E-state index in [4.69, 9.17) is 0 Å². The predicted octanol–water partition coefficient (Wildman–Crippen LogP) is 3.89. The number of carbonyl (C=O) groups is 1. The molecule has 0 fully saturated rings. The Morgan fingerprint density at radius 1 is 0.947 bits per heavy atom. The van der Waals surface area contributed by atoms with Crippen molar-refractivity contribution >= 4 is 17.4 Å². The quantitative estimate of drug-likeness (QED) is 0.812. The minimum absolute atomic E-state index is 0.146. The molecule has 0 heterocycles. The van der Waals surface area contributed by atoms with Crippen LogP contribution in [0.2, 0.25) is 0 Å². The number of anilines is 2. The Labute approximate surface area is 113 Å².